The maximum atomic E-state index is 6.09. The molecule has 0 radical (unpaired) electrons. The first-order valence-corrected chi connectivity index (χ1v) is 7.83. The van der Waals surface area contributed by atoms with Gasteiger partial charge in [-0.1, -0.05) is 13.8 Å². The van der Waals surface area contributed by atoms with Crippen LogP contribution in [0, 0.1) is 0 Å². The quantitative estimate of drug-likeness (QED) is 0.875. The summed E-state index contributed by atoms with van der Waals surface area (Å²) in [5, 5.41) is 0. The Hall–Kier alpha value is -1.26. The Labute approximate surface area is 128 Å². The van der Waals surface area contributed by atoms with E-state index >= 15 is 0 Å². The third kappa shape index (κ3) is 2.87. The Kier molecular flexibility index (Phi) is 5.12. The molecule has 0 amide bonds. The van der Waals surface area contributed by atoms with E-state index in [9.17, 15) is 0 Å². The summed E-state index contributed by atoms with van der Waals surface area (Å²) in [7, 11) is 3.38. The molecule has 1 heterocycles. The lowest BCUT2D eigenvalue weighted by atomic mass is 9.87. The van der Waals surface area contributed by atoms with Crippen molar-refractivity contribution in [3.8, 4) is 11.5 Å². The minimum absolute atomic E-state index is 0.116. The topological polar surface area (TPSA) is 47.7 Å². The molecule has 0 aliphatic carbocycles. The van der Waals surface area contributed by atoms with Crippen molar-refractivity contribution in [1.82, 2.24) is 4.90 Å². The molecule has 1 aliphatic rings. The summed E-state index contributed by atoms with van der Waals surface area (Å²) in [6, 6.07) is 4.24. The minimum Gasteiger partial charge on any atom is -0.493 e. The van der Waals surface area contributed by atoms with Crippen molar-refractivity contribution in [3.05, 3.63) is 23.3 Å². The van der Waals surface area contributed by atoms with Gasteiger partial charge in [-0.3, -0.25) is 4.90 Å². The number of hydrogen-bond donors (Lipinski definition) is 1. The molecule has 21 heavy (non-hydrogen) atoms. The Morgan fingerprint density at radius 1 is 1.10 bits per heavy atom. The number of methoxy groups -OCH3 is 2. The Balaban J connectivity index is 2.31. The molecule has 2 N–H and O–H groups in total. The first kappa shape index (κ1) is 16.1. The van der Waals surface area contributed by atoms with Crippen LogP contribution in [0.1, 0.15) is 37.8 Å². The van der Waals surface area contributed by atoms with Crippen LogP contribution in [0.15, 0.2) is 12.1 Å². The Morgan fingerprint density at radius 3 is 2.14 bits per heavy atom. The molecule has 0 saturated heterocycles. The van der Waals surface area contributed by atoms with Gasteiger partial charge < -0.3 is 15.2 Å². The molecule has 1 aliphatic heterocycles. The molecule has 0 fully saturated rings. The second-order valence-corrected chi connectivity index (χ2v) is 5.78. The summed E-state index contributed by atoms with van der Waals surface area (Å²) in [5.74, 6) is 1.63. The summed E-state index contributed by atoms with van der Waals surface area (Å²) in [6.07, 6.45) is 3.21. The van der Waals surface area contributed by atoms with Gasteiger partial charge in [-0.2, -0.15) is 0 Å². The van der Waals surface area contributed by atoms with Gasteiger partial charge in [0.05, 0.1) is 14.2 Å². The molecule has 0 spiro atoms. The number of benzene rings is 1. The van der Waals surface area contributed by atoms with E-state index in [2.05, 4.69) is 30.9 Å². The number of nitrogens with two attached hydrogens (primary N) is 1. The molecule has 0 bridgehead atoms. The second kappa shape index (κ2) is 6.67. The van der Waals surface area contributed by atoms with E-state index < -0.39 is 0 Å². The van der Waals surface area contributed by atoms with Crippen LogP contribution < -0.4 is 15.2 Å². The molecule has 4 nitrogen and oxygen atoms in total. The standard InChI is InChI=1S/C17H28N2O2/c1-5-17(6-2,12-18)19-8-7-13-9-15(20-3)16(21-4)10-14(13)11-19/h9-10H,5-8,11-12,18H2,1-4H3. The highest BCUT2D eigenvalue weighted by atomic mass is 16.5. The summed E-state index contributed by atoms with van der Waals surface area (Å²) in [4.78, 5) is 2.54. The van der Waals surface area contributed by atoms with Crippen LogP contribution in [0.25, 0.3) is 0 Å². The van der Waals surface area contributed by atoms with Gasteiger partial charge in [0.1, 0.15) is 0 Å². The van der Waals surface area contributed by atoms with Crippen LogP contribution in [0.4, 0.5) is 0 Å². The van der Waals surface area contributed by atoms with Gasteiger partial charge >= 0.3 is 0 Å². The van der Waals surface area contributed by atoms with E-state index in [0.29, 0.717) is 6.54 Å². The molecule has 0 unspecified atom stereocenters. The zero-order valence-corrected chi connectivity index (χ0v) is 13.7. The van der Waals surface area contributed by atoms with Crippen LogP contribution >= 0.6 is 0 Å². The molecule has 0 saturated carbocycles. The fraction of sp³-hybridized carbons (Fsp3) is 0.647. The van der Waals surface area contributed by atoms with E-state index in [-0.39, 0.29) is 5.54 Å². The van der Waals surface area contributed by atoms with Crippen molar-refractivity contribution < 1.29 is 9.47 Å². The highest BCUT2D eigenvalue weighted by Crippen LogP contribution is 2.36. The number of ether oxygens (including phenoxy) is 2. The predicted molar refractivity (Wildman–Crippen MR) is 86.0 cm³/mol. The van der Waals surface area contributed by atoms with E-state index in [4.69, 9.17) is 15.2 Å². The first-order chi connectivity index (χ1) is 10.1. The van der Waals surface area contributed by atoms with Crippen molar-refractivity contribution in [2.24, 2.45) is 5.73 Å². The Bertz CT molecular complexity index is 476. The van der Waals surface area contributed by atoms with Gasteiger partial charge in [-0.25, -0.2) is 0 Å². The normalized spacial score (nSPS) is 15.7. The fourth-order valence-electron chi connectivity index (χ4n) is 3.40. The summed E-state index contributed by atoms with van der Waals surface area (Å²) in [5.41, 5.74) is 8.91. The summed E-state index contributed by atoms with van der Waals surface area (Å²) in [6.45, 7) is 7.18. The van der Waals surface area contributed by atoms with Crippen LogP contribution in [-0.2, 0) is 13.0 Å². The average molecular weight is 292 g/mol. The molecule has 0 atom stereocenters. The molecule has 4 heteroatoms. The average Bonchev–Trinajstić information content (AvgIpc) is 2.55. The van der Waals surface area contributed by atoms with E-state index in [1.807, 2.05) is 0 Å². The van der Waals surface area contributed by atoms with Gasteiger partial charge in [0.25, 0.3) is 0 Å². The summed E-state index contributed by atoms with van der Waals surface area (Å²) >= 11 is 0. The number of nitrogens with zero attached hydrogens (tertiary/aromatic N) is 1. The highest BCUT2D eigenvalue weighted by molar-refractivity contribution is 5.48. The van der Waals surface area contributed by atoms with Crippen molar-refractivity contribution in [2.75, 3.05) is 27.3 Å². The zero-order valence-electron chi connectivity index (χ0n) is 13.7. The SMILES string of the molecule is CCC(CC)(CN)N1CCc2cc(OC)c(OC)cc2C1. The summed E-state index contributed by atoms with van der Waals surface area (Å²) < 4.78 is 10.8. The number of rotatable bonds is 6. The number of hydrogen-bond acceptors (Lipinski definition) is 4. The molecule has 1 aromatic rings. The fourth-order valence-corrected chi connectivity index (χ4v) is 3.40. The second-order valence-electron chi connectivity index (χ2n) is 5.78. The predicted octanol–water partition coefficient (Wildman–Crippen LogP) is 2.58. The third-order valence-corrected chi connectivity index (χ3v) is 5.09. The molecular weight excluding hydrogens is 264 g/mol. The van der Waals surface area contributed by atoms with Gasteiger partial charge in [0.2, 0.25) is 0 Å². The van der Waals surface area contributed by atoms with Crippen molar-refractivity contribution in [3.63, 3.8) is 0 Å². The van der Waals surface area contributed by atoms with Crippen LogP contribution in [-0.4, -0.2) is 37.7 Å². The molecule has 2 rings (SSSR count). The maximum absolute atomic E-state index is 6.09. The van der Waals surface area contributed by atoms with Crippen molar-refractivity contribution >= 4 is 0 Å². The Morgan fingerprint density at radius 2 is 1.67 bits per heavy atom. The highest BCUT2D eigenvalue weighted by Gasteiger charge is 2.34. The van der Waals surface area contributed by atoms with Gasteiger partial charge in [0, 0.05) is 25.2 Å². The molecule has 118 valence electrons. The van der Waals surface area contributed by atoms with E-state index in [0.717, 1.165) is 43.9 Å². The zero-order chi connectivity index (χ0) is 15.5. The lowest BCUT2D eigenvalue weighted by Gasteiger charge is -2.45. The monoisotopic (exact) mass is 292 g/mol. The van der Waals surface area contributed by atoms with Gasteiger partial charge in [-0.15, -0.1) is 0 Å². The third-order valence-electron chi connectivity index (χ3n) is 5.09. The van der Waals surface area contributed by atoms with Crippen LogP contribution in [0.5, 0.6) is 11.5 Å². The molecule has 0 aromatic heterocycles. The maximum Gasteiger partial charge on any atom is 0.161 e. The first-order valence-electron chi connectivity index (χ1n) is 7.83. The molecular formula is C17H28N2O2. The van der Waals surface area contributed by atoms with Crippen LogP contribution in [0.3, 0.4) is 0 Å². The lowest BCUT2D eigenvalue weighted by molar-refractivity contribution is 0.0709. The lowest BCUT2D eigenvalue weighted by Crippen LogP contribution is -2.54. The van der Waals surface area contributed by atoms with E-state index in [1.54, 1.807) is 14.2 Å². The minimum atomic E-state index is 0.116. The van der Waals surface area contributed by atoms with Crippen LogP contribution in [0.2, 0.25) is 0 Å². The smallest absolute Gasteiger partial charge is 0.161 e. The van der Waals surface area contributed by atoms with Gasteiger partial charge in [0.15, 0.2) is 11.5 Å². The molecule has 1 aromatic carbocycles. The van der Waals surface area contributed by atoms with E-state index in [1.165, 1.54) is 11.1 Å². The van der Waals surface area contributed by atoms with Crippen molar-refractivity contribution in [2.45, 2.75) is 45.2 Å². The van der Waals surface area contributed by atoms with Crippen molar-refractivity contribution in [1.29, 1.82) is 0 Å². The van der Waals surface area contributed by atoms with Gasteiger partial charge in [-0.05, 0) is 42.5 Å². The number of fused-ring (bicyclic) bond motifs is 1. The largest absolute Gasteiger partial charge is 0.493 e.